The van der Waals surface area contributed by atoms with Crippen LogP contribution in [0, 0.1) is 29.9 Å². The summed E-state index contributed by atoms with van der Waals surface area (Å²) < 4.78 is 28.0. The van der Waals surface area contributed by atoms with Crippen molar-refractivity contribution in [1.29, 1.82) is 5.26 Å². The van der Waals surface area contributed by atoms with E-state index in [4.69, 9.17) is 5.26 Å². The summed E-state index contributed by atoms with van der Waals surface area (Å²) in [4.78, 5) is 0. The largest absolute Gasteiger partial charge is 0.333 e. The number of halogens is 2. The first kappa shape index (κ1) is 9.66. The first-order valence-corrected chi connectivity index (χ1v) is 4.40. The molecular weight excluding hydrogens is 198 g/mol. The average molecular weight is 206 g/mol. The van der Waals surface area contributed by atoms with Crippen LogP contribution in [0.1, 0.15) is 11.3 Å². The van der Waals surface area contributed by atoms with Crippen molar-refractivity contribution in [1.82, 2.24) is 4.57 Å². The molecule has 1 aromatic heterocycles. The fraction of sp³-hybridized carbons (Fsp3) is 0.182. The molecule has 2 rings (SSSR count). The molecule has 0 amide bonds. The molecule has 0 atom stereocenters. The molecule has 0 aliphatic rings. The first-order valence-electron chi connectivity index (χ1n) is 4.40. The molecule has 76 valence electrons. The van der Waals surface area contributed by atoms with Gasteiger partial charge in [-0.15, -0.1) is 0 Å². The Bertz CT molecular complexity index is 591. The molecule has 0 saturated carbocycles. The Morgan fingerprint density at radius 3 is 2.60 bits per heavy atom. The van der Waals surface area contributed by atoms with Crippen LogP contribution in [0.15, 0.2) is 12.1 Å². The van der Waals surface area contributed by atoms with Crippen LogP contribution in [0.4, 0.5) is 8.78 Å². The van der Waals surface area contributed by atoms with Gasteiger partial charge in [0.2, 0.25) is 0 Å². The zero-order valence-electron chi connectivity index (χ0n) is 8.31. The summed E-state index contributed by atoms with van der Waals surface area (Å²) in [7, 11) is 1.54. The first-order chi connectivity index (χ1) is 7.06. The van der Waals surface area contributed by atoms with E-state index in [2.05, 4.69) is 0 Å². The number of hydrogen-bond donors (Lipinski definition) is 0. The molecule has 15 heavy (non-hydrogen) atoms. The van der Waals surface area contributed by atoms with Crippen molar-refractivity contribution in [2.45, 2.75) is 6.92 Å². The van der Waals surface area contributed by atoms with Crippen molar-refractivity contribution in [3.8, 4) is 6.07 Å². The lowest BCUT2D eigenvalue weighted by Crippen LogP contribution is -1.96. The summed E-state index contributed by atoms with van der Waals surface area (Å²) >= 11 is 0. The third-order valence-electron chi connectivity index (χ3n) is 2.53. The molecule has 0 bridgehead atoms. The standard InChI is InChI=1S/C11H8F2N2/c1-6-3-9(12)10(13)11-8(6)4-7(5-14)15(11)2/h3-4H,1-2H3. The molecule has 0 N–H and O–H groups in total. The number of hydrogen-bond acceptors (Lipinski definition) is 1. The summed E-state index contributed by atoms with van der Waals surface area (Å²) in [6.07, 6.45) is 0. The molecule has 1 aromatic carbocycles. The summed E-state index contributed by atoms with van der Waals surface area (Å²) in [6, 6.07) is 4.63. The van der Waals surface area contributed by atoms with E-state index >= 15 is 0 Å². The summed E-state index contributed by atoms with van der Waals surface area (Å²) in [5.74, 6) is -1.79. The minimum atomic E-state index is -0.903. The van der Waals surface area contributed by atoms with Gasteiger partial charge in [0.05, 0.1) is 5.52 Å². The number of nitriles is 1. The molecule has 4 heteroatoms. The van der Waals surface area contributed by atoms with Crippen LogP contribution in [0.25, 0.3) is 10.9 Å². The summed E-state index contributed by atoms with van der Waals surface area (Å²) in [5.41, 5.74) is 1.09. The van der Waals surface area contributed by atoms with Crippen molar-refractivity contribution >= 4 is 10.9 Å². The van der Waals surface area contributed by atoms with E-state index < -0.39 is 11.6 Å². The molecule has 0 radical (unpaired) electrons. The number of rotatable bonds is 0. The van der Waals surface area contributed by atoms with Gasteiger partial charge in [-0.25, -0.2) is 8.78 Å². The van der Waals surface area contributed by atoms with Crippen LogP contribution in [0.3, 0.4) is 0 Å². The molecule has 0 spiro atoms. The van der Waals surface area contributed by atoms with Gasteiger partial charge in [0, 0.05) is 12.4 Å². The van der Waals surface area contributed by atoms with Gasteiger partial charge in [-0.05, 0) is 24.6 Å². The minimum Gasteiger partial charge on any atom is -0.333 e. The van der Waals surface area contributed by atoms with Crippen molar-refractivity contribution < 1.29 is 8.78 Å². The molecule has 0 unspecified atom stereocenters. The maximum atomic E-state index is 13.5. The van der Waals surface area contributed by atoms with Crippen LogP contribution in [0.2, 0.25) is 0 Å². The highest BCUT2D eigenvalue weighted by atomic mass is 19.2. The lowest BCUT2D eigenvalue weighted by Gasteiger charge is -2.02. The minimum absolute atomic E-state index is 0.143. The van der Waals surface area contributed by atoms with Crippen molar-refractivity contribution in [2.24, 2.45) is 7.05 Å². The molecule has 0 saturated heterocycles. The fourth-order valence-electron chi connectivity index (χ4n) is 1.72. The quantitative estimate of drug-likeness (QED) is 0.651. The predicted molar refractivity (Wildman–Crippen MR) is 52.3 cm³/mol. The van der Waals surface area contributed by atoms with Gasteiger partial charge in [-0.1, -0.05) is 0 Å². The van der Waals surface area contributed by atoms with Gasteiger partial charge in [0.1, 0.15) is 11.8 Å². The third kappa shape index (κ3) is 1.20. The molecule has 0 aliphatic carbocycles. The zero-order valence-corrected chi connectivity index (χ0v) is 8.31. The highest BCUT2D eigenvalue weighted by Gasteiger charge is 2.15. The van der Waals surface area contributed by atoms with Crippen molar-refractivity contribution in [3.05, 3.63) is 35.0 Å². The average Bonchev–Trinajstić information content (AvgIpc) is 2.53. The number of fused-ring (bicyclic) bond motifs is 1. The maximum absolute atomic E-state index is 13.5. The number of nitrogens with zero attached hydrogens (tertiary/aromatic N) is 2. The second kappa shape index (κ2) is 3.06. The second-order valence-electron chi connectivity index (χ2n) is 3.45. The number of benzene rings is 1. The maximum Gasteiger partial charge on any atom is 0.183 e. The monoisotopic (exact) mass is 206 g/mol. The SMILES string of the molecule is Cc1cc(F)c(F)c2c1cc(C#N)n2C. The fourth-order valence-corrected chi connectivity index (χ4v) is 1.72. The van der Waals surface area contributed by atoms with Gasteiger partial charge in [-0.2, -0.15) is 5.26 Å². The molecule has 2 aromatic rings. The Labute approximate surface area is 85.4 Å². The van der Waals surface area contributed by atoms with Crippen LogP contribution in [-0.2, 0) is 7.05 Å². The Balaban J connectivity index is 3.02. The van der Waals surface area contributed by atoms with Gasteiger partial charge in [0.15, 0.2) is 11.6 Å². The van der Waals surface area contributed by atoms with E-state index in [1.807, 2.05) is 6.07 Å². The molecular formula is C11H8F2N2. The van der Waals surface area contributed by atoms with Crippen LogP contribution in [0.5, 0.6) is 0 Å². The number of aryl methyl sites for hydroxylation is 2. The van der Waals surface area contributed by atoms with Crippen molar-refractivity contribution in [3.63, 3.8) is 0 Å². The second-order valence-corrected chi connectivity index (χ2v) is 3.45. The third-order valence-corrected chi connectivity index (χ3v) is 2.53. The van der Waals surface area contributed by atoms with E-state index in [0.29, 0.717) is 16.6 Å². The highest BCUT2D eigenvalue weighted by molar-refractivity contribution is 5.86. The van der Waals surface area contributed by atoms with Crippen LogP contribution < -0.4 is 0 Å². The van der Waals surface area contributed by atoms with Gasteiger partial charge >= 0.3 is 0 Å². The molecule has 2 nitrogen and oxygen atoms in total. The van der Waals surface area contributed by atoms with Crippen LogP contribution in [-0.4, -0.2) is 4.57 Å². The van der Waals surface area contributed by atoms with Gasteiger partial charge < -0.3 is 4.57 Å². The molecule has 1 heterocycles. The van der Waals surface area contributed by atoms with E-state index in [9.17, 15) is 8.78 Å². The predicted octanol–water partition coefficient (Wildman–Crippen LogP) is 2.64. The van der Waals surface area contributed by atoms with Gasteiger partial charge in [-0.3, -0.25) is 0 Å². The zero-order chi connectivity index (χ0) is 11.2. The topological polar surface area (TPSA) is 28.7 Å². The lowest BCUT2D eigenvalue weighted by molar-refractivity contribution is 0.512. The summed E-state index contributed by atoms with van der Waals surface area (Å²) in [6.45, 7) is 1.69. The molecule has 0 fully saturated rings. The van der Waals surface area contributed by atoms with Gasteiger partial charge in [0.25, 0.3) is 0 Å². The van der Waals surface area contributed by atoms with E-state index in [1.165, 1.54) is 4.57 Å². The van der Waals surface area contributed by atoms with E-state index in [0.717, 1.165) is 6.07 Å². The summed E-state index contributed by atoms with van der Waals surface area (Å²) in [5, 5.41) is 9.36. The smallest absolute Gasteiger partial charge is 0.183 e. The Kier molecular flexibility index (Phi) is 1.97. The Morgan fingerprint density at radius 2 is 2.00 bits per heavy atom. The Morgan fingerprint density at radius 1 is 1.33 bits per heavy atom. The van der Waals surface area contributed by atoms with Crippen LogP contribution >= 0.6 is 0 Å². The van der Waals surface area contributed by atoms with E-state index in [1.54, 1.807) is 20.0 Å². The highest BCUT2D eigenvalue weighted by Crippen LogP contribution is 2.26. The normalized spacial score (nSPS) is 10.6. The number of aromatic nitrogens is 1. The Hall–Kier alpha value is -1.89. The molecule has 0 aliphatic heterocycles. The van der Waals surface area contributed by atoms with Crippen molar-refractivity contribution in [2.75, 3.05) is 0 Å². The van der Waals surface area contributed by atoms with E-state index in [-0.39, 0.29) is 5.52 Å². The lowest BCUT2D eigenvalue weighted by atomic mass is 10.1.